The number of carbonyl (C=O) groups is 2. The summed E-state index contributed by atoms with van der Waals surface area (Å²) < 4.78 is 0. The number of rotatable bonds is 4. The number of anilines is 1. The second kappa shape index (κ2) is 7.32. The fourth-order valence-electron chi connectivity index (χ4n) is 3.83. The number of aryl methyl sites for hydroxylation is 1. The van der Waals surface area contributed by atoms with Gasteiger partial charge in [-0.25, -0.2) is 0 Å². The first kappa shape index (κ1) is 17.8. The zero-order valence-electron chi connectivity index (χ0n) is 13.3. The van der Waals surface area contributed by atoms with Crippen molar-refractivity contribution >= 4 is 29.9 Å². The van der Waals surface area contributed by atoms with Crippen molar-refractivity contribution < 1.29 is 9.59 Å². The van der Waals surface area contributed by atoms with E-state index in [9.17, 15) is 9.59 Å². The summed E-state index contributed by atoms with van der Waals surface area (Å²) in [6, 6.07) is 6.40. The number of amides is 2. The number of hydrogen-bond acceptors (Lipinski definition) is 3. The van der Waals surface area contributed by atoms with Crippen LogP contribution in [-0.2, 0) is 4.79 Å². The van der Waals surface area contributed by atoms with Crippen LogP contribution in [0.25, 0.3) is 0 Å². The molecule has 2 saturated heterocycles. The van der Waals surface area contributed by atoms with Crippen LogP contribution in [0.15, 0.2) is 18.2 Å². The Morgan fingerprint density at radius 3 is 2.48 bits per heavy atom. The molecule has 2 amide bonds. The molecule has 3 rings (SSSR count). The largest absolute Gasteiger partial charge is 0.366 e. The second-order valence-corrected chi connectivity index (χ2v) is 6.62. The lowest BCUT2D eigenvalue weighted by Crippen LogP contribution is -2.39. The third-order valence-corrected chi connectivity index (χ3v) is 4.82. The van der Waals surface area contributed by atoms with Gasteiger partial charge in [0.05, 0.1) is 0 Å². The lowest BCUT2D eigenvalue weighted by Gasteiger charge is -2.28. The van der Waals surface area contributed by atoms with Crippen molar-refractivity contribution in [1.82, 2.24) is 5.32 Å². The van der Waals surface area contributed by atoms with Crippen molar-refractivity contribution in [3.8, 4) is 0 Å². The first-order valence-electron chi connectivity index (χ1n) is 7.97. The lowest BCUT2D eigenvalue weighted by atomic mass is 9.89. The molecule has 23 heavy (non-hydrogen) atoms. The Morgan fingerprint density at radius 1 is 1.26 bits per heavy atom. The van der Waals surface area contributed by atoms with Crippen molar-refractivity contribution in [3.63, 3.8) is 0 Å². The van der Waals surface area contributed by atoms with Crippen molar-refractivity contribution in [1.29, 1.82) is 0 Å². The zero-order valence-corrected chi connectivity index (χ0v) is 14.1. The number of primary amides is 1. The molecule has 0 aliphatic carbocycles. The zero-order chi connectivity index (χ0) is 15.7. The minimum atomic E-state index is -0.444. The molecule has 2 heterocycles. The van der Waals surface area contributed by atoms with Gasteiger partial charge in [-0.15, -0.1) is 12.4 Å². The standard InChI is InChI=1S/C17H23N3O2.ClH/c1-10-6-12(4-5-15(10)17(18)22)20-16(21)9-11-7-13-2-3-14(8-11)19-13;/h4-6,11,13-14,19H,2-3,7-9H2,1H3,(H2,18,22)(H,20,21);1H. The van der Waals surface area contributed by atoms with E-state index in [0.29, 0.717) is 30.0 Å². The fraction of sp³-hybridized carbons (Fsp3) is 0.529. The van der Waals surface area contributed by atoms with E-state index >= 15 is 0 Å². The summed E-state index contributed by atoms with van der Waals surface area (Å²) in [5, 5.41) is 6.53. The van der Waals surface area contributed by atoms with Crippen LogP contribution in [0, 0.1) is 12.8 Å². The van der Waals surface area contributed by atoms with E-state index in [1.165, 1.54) is 12.8 Å². The van der Waals surface area contributed by atoms with Crippen LogP contribution in [0.1, 0.15) is 48.0 Å². The normalized spacial score (nSPS) is 25.5. The third kappa shape index (κ3) is 4.24. The molecule has 1 aromatic rings. The maximum atomic E-state index is 12.2. The van der Waals surface area contributed by atoms with Crippen LogP contribution in [0.5, 0.6) is 0 Å². The molecule has 126 valence electrons. The van der Waals surface area contributed by atoms with Crippen LogP contribution in [0.4, 0.5) is 5.69 Å². The van der Waals surface area contributed by atoms with Crippen LogP contribution in [0.3, 0.4) is 0 Å². The van der Waals surface area contributed by atoms with Crippen LogP contribution in [-0.4, -0.2) is 23.9 Å². The van der Waals surface area contributed by atoms with Gasteiger partial charge in [-0.1, -0.05) is 0 Å². The van der Waals surface area contributed by atoms with E-state index in [0.717, 1.165) is 24.1 Å². The molecule has 2 aliphatic heterocycles. The molecular weight excluding hydrogens is 314 g/mol. The molecule has 2 unspecified atom stereocenters. The van der Waals surface area contributed by atoms with Gasteiger partial charge in [0.25, 0.3) is 0 Å². The maximum absolute atomic E-state index is 12.2. The Bertz CT molecular complexity index is 594. The van der Waals surface area contributed by atoms with Crippen LogP contribution < -0.4 is 16.4 Å². The monoisotopic (exact) mass is 337 g/mol. The van der Waals surface area contributed by atoms with Gasteiger partial charge in [-0.3, -0.25) is 9.59 Å². The minimum absolute atomic E-state index is 0. The van der Waals surface area contributed by atoms with Crippen molar-refractivity contribution in [2.75, 3.05) is 5.32 Å². The lowest BCUT2D eigenvalue weighted by molar-refractivity contribution is -0.117. The van der Waals surface area contributed by atoms with Crippen LogP contribution >= 0.6 is 12.4 Å². The highest BCUT2D eigenvalue weighted by Crippen LogP contribution is 2.32. The average Bonchev–Trinajstić information content (AvgIpc) is 2.77. The molecule has 1 aromatic carbocycles. The van der Waals surface area contributed by atoms with Crippen molar-refractivity contribution in [2.24, 2.45) is 11.7 Å². The highest BCUT2D eigenvalue weighted by molar-refractivity contribution is 5.96. The second-order valence-electron chi connectivity index (χ2n) is 6.62. The average molecular weight is 338 g/mol. The van der Waals surface area contributed by atoms with E-state index in [-0.39, 0.29) is 18.3 Å². The fourth-order valence-corrected chi connectivity index (χ4v) is 3.83. The van der Waals surface area contributed by atoms with Gasteiger partial charge in [0, 0.05) is 29.8 Å². The summed E-state index contributed by atoms with van der Waals surface area (Å²) in [6.07, 6.45) is 5.27. The molecule has 2 atom stereocenters. The van der Waals surface area contributed by atoms with Gasteiger partial charge in [-0.2, -0.15) is 0 Å². The van der Waals surface area contributed by atoms with E-state index in [2.05, 4.69) is 10.6 Å². The summed E-state index contributed by atoms with van der Waals surface area (Å²) in [4.78, 5) is 23.4. The molecule has 0 aromatic heterocycles. The number of hydrogen-bond donors (Lipinski definition) is 3. The van der Waals surface area contributed by atoms with Crippen molar-refractivity contribution in [2.45, 2.75) is 51.1 Å². The smallest absolute Gasteiger partial charge is 0.248 e. The Morgan fingerprint density at radius 2 is 1.91 bits per heavy atom. The molecule has 6 heteroatoms. The summed E-state index contributed by atoms with van der Waals surface area (Å²) in [6.45, 7) is 1.82. The molecule has 4 N–H and O–H groups in total. The molecule has 0 saturated carbocycles. The number of halogens is 1. The summed E-state index contributed by atoms with van der Waals surface area (Å²) in [5.41, 5.74) is 7.29. The quantitative estimate of drug-likeness (QED) is 0.788. The first-order valence-corrected chi connectivity index (χ1v) is 7.97. The first-order chi connectivity index (χ1) is 10.5. The summed E-state index contributed by atoms with van der Waals surface area (Å²) in [7, 11) is 0. The highest BCUT2D eigenvalue weighted by Gasteiger charge is 2.34. The van der Waals surface area contributed by atoms with Gasteiger partial charge in [0.15, 0.2) is 0 Å². The SMILES string of the molecule is Cc1cc(NC(=O)CC2CC3CCC(C2)N3)ccc1C(N)=O.Cl. The Balaban J connectivity index is 0.00000192. The number of carbonyl (C=O) groups excluding carboxylic acids is 2. The third-order valence-electron chi connectivity index (χ3n) is 4.82. The van der Waals surface area contributed by atoms with Crippen molar-refractivity contribution in [3.05, 3.63) is 29.3 Å². The van der Waals surface area contributed by atoms with E-state index < -0.39 is 5.91 Å². The minimum Gasteiger partial charge on any atom is -0.366 e. The van der Waals surface area contributed by atoms with E-state index in [1.807, 2.05) is 6.92 Å². The van der Waals surface area contributed by atoms with Gasteiger partial charge < -0.3 is 16.4 Å². The molecule has 2 bridgehead atoms. The van der Waals surface area contributed by atoms with E-state index in [1.54, 1.807) is 18.2 Å². The number of piperidine rings is 1. The molecule has 5 nitrogen and oxygen atoms in total. The van der Waals surface area contributed by atoms with E-state index in [4.69, 9.17) is 5.73 Å². The van der Waals surface area contributed by atoms with Gasteiger partial charge in [0.1, 0.15) is 0 Å². The number of fused-ring (bicyclic) bond motifs is 2. The number of nitrogens with one attached hydrogen (secondary N) is 2. The van der Waals surface area contributed by atoms with Gasteiger partial charge in [-0.05, 0) is 62.3 Å². The number of nitrogens with two attached hydrogens (primary N) is 1. The molecule has 0 radical (unpaired) electrons. The maximum Gasteiger partial charge on any atom is 0.248 e. The predicted molar refractivity (Wildman–Crippen MR) is 92.9 cm³/mol. The topological polar surface area (TPSA) is 84.2 Å². The molecule has 2 aliphatic rings. The molecular formula is C17H24ClN3O2. The Kier molecular flexibility index (Phi) is 5.65. The van der Waals surface area contributed by atoms with Gasteiger partial charge in [0.2, 0.25) is 11.8 Å². The summed E-state index contributed by atoms with van der Waals surface area (Å²) in [5.74, 6) is 0.0859. The Hall–Kier alpha value is -1.59. The molecule has 0 spiro atoms. The number of benzene rings is 1. The summed E-state index contributed by atoms with van der Waals surface area (Å²) >= 11 is 0. The Labute approximate surface area is 142 Å². The van der Waals surface area contributed by atoms with Gasteiger partial charge >= 0.3 is 0 Å². The molecule has 2 fully saturated rings. The predicted octanol–water partition coefficient (Wildman–Crippen LogP) is 2.37. The van der Waals surface area contributed by atoms with Crippen LogP contribution in [0.2, 0.25) is 0 Å². The highest BCUT2D eigenvalue weighted by atomic mass is 35.5.